The van der Waals surface area contributed by atoms with Crippen LogP contribution in [-0.4, -0.2) is 45.5 Å². The number of rotatable bonds is 7. The van der Waals surface area contributed by atoms with Crippen molar-refractivity contribution in [2.24, 2.45) is 5.10 Å². The molecule has 1 amide bonds. The van der Waals surface area contributed by atoms with Crippen LogP contribution < -0.4 is 24.0 Å². The zero-order valence-corrected chi connectivity index (χ0v) is 17.6. The molecule has 0 bridgehead atoms. The third kappa shape index (κ3) is 4.24. The topological polar surface area (TPSA) is 82.5 Å². The predicted molar refractivity (Wildman–Crippen MR) is 113 cm³/mol. The van der Waals surface area contributed by atoms with Crippen molar-refractivity contribution in [2.45, 2.75) is 6.92 Å². The summed E-state index contributed by atoms with van der Waals surface area (Å²) < 4.78 is 22.2. The molecule has 0 spiro atoms. The van der Waals surface area contributed by atoms with Crippen LogP contribution in [-0.2, 0) is 4.79 Å². The Morgan fingerprint density at radius 1 is 1.03 bits per heavy atom. The lowest BCUT2D eigenvalue weighted by Crippen LogP contribution is -2.22. The van der Waals surface area contributed by atoms with Crippen LogP contribution in [0.4, 0.5) is 5.13 Å². The number of benzene rings is 2. The normalized spacial score (nSPS) is 10.9. The van der Waals surface area contributed by atoms with E-state index in [0.29, 0.717) is 27.9 Å². The van der Waals surface area contributed by atoms with Gasteiger partial charge in [-0.25, -0.2) is 4.98 Å². The van der Waals surface area contributed by atoms with Gasteiger partial charge in [0.2, 0.25) is 16.8 Å². The standard InChI is InChI=1S/C20H21N3O5S/c1-12(24)23(20-22-15-7-6-14(25-2)10-18(15)29-20)21-11-13-8-16(26-3)19(28-5)17(9-13)27-4/h6-11H,1-5H3/b21-11-. The van der Waals surface area contributed by atoms with Gasteiger partial charge in [0, 0.05) is 12.5 Å². The van der Waals surface area contributed by atoms with Crippen molar-refractivity contribution in [3.05, 3.63) is 35.9 Å². The van der Waals surface area contributed by atoms with Crippen LogP contribution in [0.15, 0.2) is 35.4 Å². The molecule has 0 aliphatic heterocycles. The largest absolute Gasteiger partial charge is 0.497 e. The number of thiazole rings is 1. The fourth-order valence-electron chi connectivity index (χ4n) is 2.68. The van der Waals surface area contributed by atoms with E-state index in [9.17, 15) is 4.79 Å². The average Bonchev–Trinajstić information content (AvgIpc) is 3.15. The molecule has 0 saturated heterocycles. The SMILES string of the molecule is COc1ccc2nc(N(/N=C\c3cc(OC)c(OC)c(OC)c3)C(C)=O)sc2c1. The minimum Gasteiger partial charge on any atom is -0.497 e. The van der Waals surface area contributed by atoms with Gasteiger partial charge in [0.1, 0.15) is 5.75 Å². The number of hydrazone groups is 1. The first-order valence-corrected chi connectivity index (χ1v) is 9.41. The van der Waals surface area contributed by atoms with E-state index in [1.165, 1.54) is 44.6 Å². The van der Waals surface area contributed by atoms with E-state index in [2.05, 4.69) is 10.1 Å². The van der Waals surface area contributed by atoms with Crippen molar-refractivity contribution in [2.75, 3.05) is 33.4 Å². The maximum Gasteiger partial charge on any atom is 0.246 e. The molecule has 0 aliphatic carbocycles. The fraction of sp³-hybridized carbons (Fsp3) is 0.250. The molecule has 2 aromatic carbocycles. The summed E-state index contributed by atoms with van der Waals surface area (Å²) in [5.74, 6) is 1.93. The van der Waals surface area contributed by atoms with Crippen LogP contribution in [0, 0.1) is 0 Å². The van der Waals surface area contributed by atoms with E-state index in [1.807, 2.05) is 18.2 Å². The van der Waals surface area contributed by atoms with Gasteiger partial charge in [0.25, 0.3) is 0 Å². The minimum absolute atomic E-state index is 0.264. The van der Waals surface area contributed by atoms with Crippen LogP contribution >= 0.6 is 11.3 Å². The van der Waals surface area contributed by atoms with E-state index in [0.717, 1.165) is 16.0 Å². The Labute approximate surface area is 172 Å². The lowest BCUT2D eigenvalue weighted by Gasteiger charge is -2.13. The summed E-state index contributed by atoms with van der Waals surface area (Å²) in [6.07, 6.45) is 1.54. The molecule has 152 valence electrons. The number of methoxy groups -OCH3 is 4. The van der Waals surface area contributed by atoms with Crippen LogP contribution in [0.5, 0.6) is 23.0 Å². The van der Waals surface area contributed by atoms with Gasteiger partial charge in [-0.2, -0.15) is 10.1 Å². The van der Waals surface area contributed by atoms with Gasteiger partial charge in [-0.3, -0.25) is 4.79 Å². The van der Waals surface area contributed by atoms with Gasteiger partial charge in [0.05, 0.1) is 44.9 Å². The summed E-state index contributed by atoms with van der Waals surface area (Å²) in [4.78, 5) is 16.7. The van der Waals surface area contributed by atoms with E-state index in [1.54, 1.807) is 25.5 Å². The maximum atomic E-state index is 12.2. The van der Waals surface area contributed by atoms with Crippen molar-refractivity contribution in [1.29, 1.82) is 0 Å². The summed E-state index contributed by atoms with van der Waals surface area (Å²) >= 11 is 1.35. The van der Waals surface area contributed by atoms with Crippen LogP contribution in [0.25, 0.3) is 10.2 Å². The lowest BCUT2D eigenvalue weighted by molar-refractivity contribution is -0.116. The molecule has 0 unspecified atom stereocenters. The second-order valence-corrected chi connectivity index (χ2v) is 6.87. The molecule has 0 radical (unpaired) electrons. The zero-order chi connectivity index (χ0) is 21.0. The summed E-state index contributed by atoms with van der Waals surface area (Å²) in [5, 5.41) is 6.04. The third-order valence-electron chi connectivity index (χ3n) is 4.07. The van der Waals surface area contributed by atoms with Gasteiger partial charge in [-0.1, -0.05) is 11.3 Å². The number of aromatic nitrogens is 1. The summed E-state index contributed by atoms with van der Waals surface area (Å²) in [6, 6.07) is 9.02. The number of hydrogen-bond donors (Lipinski definition) is 0. The quantitative estimate of drug-likeness (QED) is 0.432. The van der Waals surface area contributed by atoms with Crippen molar-refractivity contribution in [1.82, 2.24) is 4.98 Å². The minimum atomic E-state index is -0.264. The lowest BCUT2D eigenvalue weighted by atomic mass is 10.2. The number of fused-ring (bicyclic) bond motifs is 1. The first-order chi connectivity index (χ1) is 14.0. The molecule has 0 atom stereocenters. The highest BCUT2D eigenvalue weighted by molar-refractivity contribution is 7.22. The number of anilines is 1. The fourth-order valence-corrected chi connectivity index (χ4v) is 3.67. The number of carbonyl (C=O) groups excluding carboxylic acids is 1. The Bertz CT molecular complexity index is 1040. The first-order valence-electron chi connectivity index (χ1n) is 8.60. The molecule has 29 heavy (non-hydrogen) atoms. The second-order valence-electron chi connectivity index (χ2n) is 5.86. The van der Waals surface area contributed by atoms with Gasteiger partial charge in [-0.15, -0.1) is 0 Å². The molecular weight excluding hydrogens is 394 g/mol. The van der Waals surface area contributed by atoms with E-state index in [4.69, 9.17) is 18.9 Å². The van der Waals surface area contributed by atoms with E-state index < -0.39 is 0 Å². The Balaban J connectivity index is 1.97. The molecular formula is C20H21N3O5S. The Hall–Kier alpha value is -3.33. The van der Waals surface area contributed by atoms with Crippen molar-refractivity contribution >= 4 is 38.8 Å². The molecule has 3 aromatic rings. The molecule has 1 heterocycles. The monoisotopic (exact) mass is 415 g/mol. The highest BCUT2D eigenvalue weighted by atomic mass is 32.1. The maximum absolute atomic E-state index is 12.2. The summed E-state index contributed by atoms with van der Waals surface area (Å²) in [6.45, 7) is 1.43. The smallest absolute Gasteiger partial charge is 0.246 e. The third-order valence-corrected chi connectivity index (χ3v) is 5.07. The van der Waals surface area contributed by atoms with Gasteiger partial charge < -0.3 is 18.9 Å². The van der Waals surface area contributed by atoms with Crippen LogP contribution in [0.2, 0.25) is 0 Å². The molecule has 0 saturated carbocycles. The molecule has 1 aromatic heterocycles. The first kappa shape index (κ1) is 20.4. The second kappa shape index (κ2) is 8.78. The Morgan fingerprint density at radius 2 is 1.72 bits per heavy atom. The molecule has 0 fully saturated rings. The van der Waals surface area contributed by atoms with Crippen molar-refractivity contribution < 1.29 is 23.7 Å². The van der Waals surface area contributed by atoms with Crippen LogP contribution in [0.1, 0.15) is 12.5 Å². The van der Waals surface area contributed by atoms with Gasteiger partial charge in [-0.05, 0) is 30.3 Å². The molecule has 3 rings (SSSR count). The molecule has 9 heteroatoms. The highest BCUT2D eigenvalue weighted by Gasteiger charge is 2.17. The number of ether oxygens (including phenoxy) is 4. The molecule has 0 N–H and O–H groups in total. The van der Waals surface area contributed by atoms with Gasteiger partial charge >= 0.3 is 0 Å². The van der Waals surface area contributed by atoms with Crippen molar-refractivity contribution in [3.8, 4) is 23.0 Å². The molecule has 0 aliphatic rings. The number of amides is 1. The Kier molecular flexibility index (Phi) is 6.18. The van der Waals surface area contributed by atoms with Crippen molar-refractivity contribution in [3.63, 3.8) is 0 Å². The zero-order valence-electron chi connectivity index (χ0n) is 16.8. The Morgan fingerprint density at radius 3 is 2.28 bits per heavy atom. The van der Waals surface area contributed by atoms with Crippen LogP contribution in [0.3, 0.4) is 0 Å². The summed E-state index contributed by atoms with van der Waals surface area (Å²) in [5.41, 5.74) is 1.44. The molecule has 8 nitrogen and oxygen atoms in total. The number of carbonyl (C=O) groups is 1. The van der Waals surface area contributed by atoms with Gasteiger partial charge in [0.15, 0.2) is 11.5 Å². The highest BCUT2D eigenvalue weighted by Crippen LogP contribution is 2.38. The predicted octanol–water partition coefficient (Wildman–Crippen LogP) is 3.72. The average molecular weight is 415 g/mol. The summed E-state index contributed by atoms with van der Waals surface area (Å²) in [7, 11) is 6.21. The van der Waals surface area contributed by atoms with E-state index in [-0.39, 0.29) is 5.91 Å². The number of nitrogens with zero attached hydrogens (tertiary/aromatic N) is 3. The van der Waals surface area contributed by atoms with E-state index >= 15 is 0 Å². The number of hydrogen-bond acceptors (Lipinski definition) is 8.